The van der Waals surface area contributed by atoms with Crippen LogP contribution < -0.4 is 5.32 Å². The Hall–Kier alpha value is -1.68. The second-order valence-electron chi connectivity index (χ2n) is 6.44. The van der Waals surface area contributed by atoms with Crippen molar-refractivity contribution in [3.63, 3.8) is 0 Å². The van der Waals surface area contributed by atoms with E-state index in [4.69, 9.17) is 4.74 Å². The van der Waals surface area contributed by atoms with Crippen LogP contribution >= 0.6 is 0 Å². The molecule has 1 rings (SSSR count). The number of Topliss-reactive ketones (excluding diaryl/α,β-unsaturated/α-hetero) is 1. The number of carbonyl (C=O) groups excluding carboxylic acids is 2. The average molecular weight is 291 g/mol. The van der Waals surface area contributed by atoms with Crippen molar-refractivity contribution in [1.29, 1.82) is 0 Å². The van der Waals surface area contributed by atoms with Crippen molar-refractivity contribution in [3.8, 4) is 0 Å². The van der Waals surface area contributed by atoms with Crippen molar-refractivity contribution >= 4 is 17.4 Å². The minimum atomic E-state index is -0.335. The number of hydrogen-bond acceptors (Lipinski definition) is 3. The molecule has 1 amide bonds. The summed E-state index contributed by atoms with van der Waals surface area (Å²) in [5, 5.41) is 2.77. The van der Waals surface area contributed by atoms with Crippen molar-refractivity contribution in [3.05, 3.63) is 29.8 Å². The average Bonchev–Trinajstić information content (AvgIpc) is 2.38. The number of anilines is 1. The fourth-order valence-corrected chi connectivity index (χ4v) is 1.59. The molecule has 0 unspecified atom stereocenters. The molecule has 0 saturated heterocycles. The second-order valence-corrected chi connectivity index (χ2v) is 6.44. The van der Waals surface area contributed by atoms with Crippen LogP contribution in [0.2, 0.25) is 0 Å². The van der Waals surface area contributed by atoms with Gasteiger partial charge in [0.2, 0.25) is 5.91 Å². The number of rotatable bonds is 6. The largest absolute Gasteiger partial charge is 0.366 e. The van der Waals surface area contributed by atoms with E-state index in [0.29, 0.717) is 12.1 Å². The zero-order chi connectivity index (χ0) is 16.0. The predicted molar refractivity (Wildman–Crippen MR) is 84.3 cm³/mol. The third-order valence-electron chi connectivity index (χ3n) is 2.90. The Morgan fingerprint density at radius 1 is 1.14 bits per heavy atom. The third-order valence-corrected chi connectivity index (χ3v) is 2.90. The van der Waals surface area contributed by atoms with Gasteiger partial charge in [-0.1, -0.05) is 26.0 Å². The number of nitrogens with one attached hydrogen (secondary N) is 1. The molecule has 21 heavy (non-hydrogen) atoms. The van der Waals surface area contributed by atoms with Crippen LogP contribution in [0, 0.1) is 5.92 Å². The van der Waals surface area contributed by atoms with E-state index in [9.17, 15) is 9.59 Å². The van der Waals surface area contributed by atoms with Gasteiger partial charge in [-0.2, -0.15) is 0 Å². The Kier molecular flexibility index (Phi) is 6.09. The highest BCUT2D eigenvalue weighted by Crippen LogP contribution is 2.12. The van der Waals surface area contributed by atoms with Gasteiger partial charge >= 0.3 is 0 Å². The molecule has 4 nitrogen and oxygen atoms in total. The number of amides is 1. The van der Waals surface area contributed by atoms with Crippen LogP contribution in [0.15, 0.2) is 24.3 Å². The van der Waals surface area contributed by atoms with Gasteiger partial charge in [0.1, 0.15) is 12.4 Å². The van der Waals surface area contributed by atoms with E-state index < -0.39 is 0 Å². The Balaban J connectivity index is 2.51. The lowest BCUT2D eigenvalue weighted by molar-refractivity contribution is -0.125. The molecule has 0 aromatic heterocycles. The molecule has 0 aliphatic heterocycles. The molecular formula is C17H25NO3. The Labute approximate surface area is 126 Å². The minimum Gasteiger partial charge on any atom is -0.366 e. The van der Waals surface area contributed by atoms with Crippen LogP contribution in [0.3, 0.4) is 0 Å². The Morgan fingerprint density at radius 3 is 2.19 bits per heavy atom. The van der Waals surface area contributed by atoms with E-state index in [1.54, 1.807) is 12.1 Å². The molecule has 0 aliphatic carbocycles. The van der Waals surface area contributed by atoms with E-state index in [0.717, 1.165) is 5.56 Å². The van der Waals surface area contributed by atoms with Crippen molar-refractivity contribution in [1.82, 2.24) is 0 Å². The molecule has 1 N–H and O–H groups in total. The van der Waals surface area contributed by atoms with Gasteiger partial charge in [0.15, 0.2) is 0 Å². The van der Waals surface area contributed by atoms with Crippen LogP contribution in [-0.2, 0) is 20.7 Å². The zero-order valence-electron chi connectivity index (χ0n) is 13.5. The monoisotopic (exact) mass is 291 g/mol. The zero-order valence-corrected chi connectivity index (χ0v) is 13.5. The summed E-state index contributed by atoms with van der Waals surface area (Å²) in [6.45, 7) is 9.53. The Morgan fingerprint density at radius 2 is 1.71 bits per heavy atom. The summed E-state index contributed by atoms with van der Waals surface area (Å²) in [6.07, 6.45) is 0.430. The highest BCUT2D eigenvalue weighted by molar-refractivity contribution is 5.91. The van der Waals surface area contributed by atoms with Crippen LogP contribution in [0.25, 0.3) is 0 Å². The van der Waals surface area contributed by atoms with Gasteiger partial charge < -0.3 is 10.1 Å². The maximum Gasteiger partial charge on any atom is 0.250 e. The highest BCUT2D eigenvalue weighted by atomic mass is 16.5. The molecule has 1 aromatic rings. The summed E-state index contributed by atoms with van der Waals surface area (Å²) < 4.78 is 5.41. The molecule has 0 saturated carbocycles. The molecule has 0 aliphatic rings. The first-order valence-electron chi connectivity index (χ1n) is 7.23. The lowest BCUT2D eigenvalue weighted by Gasteiger charge is -2.19. The van der Waals surface area contributed by atoms with Crippen LogP contribution in [0.4, 0.5) is 5.69 Å². The maximum atomic E-state index is 11.7. The van der Waals surface area contributed by atoms with E-state index in [-0.39, 0.29) is 29.8 Å². The van der Waals surface area contributed by atoms with Crippen LogP contribution in [0.5, 0.6) is 0 Å². The third kappa shape index (κ3) is 7.04. The lowest BCUT2D eigenvalue weighted by atomic mass is 10.0. The van der Waals surface area contributed by atoms with Crippen molar-refractivity contribution in [2.75, 3.05) is 11.9 Å². The van der Waals surface area contributed by atoms with Gasteiger partial charge in [0, 0.05) is 18.0 Å². The molecule has 0 atom stereocenters. The summed E-state index contributed by atoms with van der Waals surface area (Å²) in [4.78, 5) is 23.4. The van der Waals surface area contributed by atoms with Crippen molar-refractivity contribution < 1.29 is 14.3 Å². The first-order chi connectivity index (χ1) is 9.67. The second kappa shape index (κ2) is 7.36. The van der Waals surface area contributed by atoms with Gasteiger partial charge in [-0.25, -0.2) is 0 Å². The molecule has 4 heteroatoms. The maximum absolute atomic E-state index is 11.7. The van der Waals surface area contributed by atoms with E-state index in [1.807, 2.05) is 46.8 Å². The molecule has 1 aromatic carbocycles. The first-order valence-corrected chi connectivity index (χ1v) is 7.23. The van der Waals surface area contributed by atoms with Crippen molar-refractivity contribution in [2.24, 2.45) is 5.92 Å². The minimum absolute atomic E-state index is 0.0249. The molecule has 0 bridgehead atoms. The Bertz CT molecular complexity index is 484. The lowest BCUT2D eigenvalue weighted by Crippen LogP contribution is -2.27. The number of carbonyl (C=O) groups is 2. The van der Waals surface area contributed by atoms with Gasteiger partial charge in [-0.15, -0.1) is 0 Å². The number of ketones is 1. The quantitative estimate of drug-likeness (QED) is 0.875. The standard InChI is InChI=1S/C17H25NO3/c1-12(2)15(19)10-13-6-8-14(9-7-13)18-16(20)11-21-17(3,4)5/h6-9,12H,10-11H2,1-5H3,(H,18,20). The van der Waals surface area contributed by atoms with E-state index >= 15 is 0 Å². The molecule has 0 fully saturated rings. The van der Waals surface area contributed by atoms with E-state index in [1.165, 1.54) is 0 Å². The molecule has 0 heterocycles. The fraction of sp³-hybridized carbons (Fsp3) is 0.529. The fourth-order valence-electron chi connectivity index (χ4n) is 1.59. The summed E-state index contributed by atoms with van der Waals surface area (Å²) in [7, 11) is 0. The number of benzene rings is 1. The molecule has 116 valence electrons. The SMILES string of the molecule is CC(C)C(=O)Cc1ccc(NC(=O)COC(C)(C)C)cc1. The number of hydrogen-bond donors (Lipinski definition) is 1. The van der Waals surface area contributed by atoms with Crippen molar-refractivity contribution in [2.45, 2.75) is 46.6 Å². The van der Waals surface area contributed by atoms with Gasteiger partial charge in [0.25, 0.3) is 0 Å². The summed E-state index contributed by atoms with van der Waals surface area (Å²) in [6, 6.07) is 7.33. The first kappa shape index (κ1) is 17.4. The smallest absolute Gasteiger partial charge is 0.250 e. The van der Waals surface area contributed by atoms with Crippen LogP contribution in [0.1, 0.15) is 40.2 Å². The number of ether oxygens (including phenoxy) is 1. The molecule has 0 radical (unpaired) electrons. The van der Waals surface area contributed by atoms with Gasteiger partial charge in [-0.3, -0.25) is 9.59 Å². The molecular weight excluding hydrogens is 266 g/mol. The summed E-state index contributed by atoms with van der Waals surface area (Å²) in [5.41, 5.74) is 1.33. The highest BCUT2D eigenvalue weighted by Gasteiger charge is 2.13. The predicted octanol–water partition coefficient (Wildman–Crippen LogP) is 3.21. The molecule has 0 spiro atoms. The topological polar surface area (TPSA) is 55.4 Å². The normalized spacial score (nSPS) is 11.5. The van der Waals surface area contributed by atoms with Gasteiger partial charge in [-0.05, 0) is 38.5 Å². The van der Waals surface area contributed by atoms with E-state index in [2.05, 4.69) is 5.32 Å². The van der Waals surface area contributed by atoms with Crippen LogP contribution in [-0.4, -0.2) is 23.9 Å². The summed E-state index contributed by atoms with van der Waals surface area (Å²) in [5.74, 6) is 0.0696. The summed E-state index contributed by atoms with van der Waals surface area (Å²) >= 11 is 0. The van der Waals surface area contributed by atoms with Gasteiger partial charge in [0.05, 0.1) is 5.60 Å².